The first-order valence-corrected chi connectivity index (χ1v) is 6.25. The average molecular weight is 261 g/mol. The Labute approximate surface area is 110 Å². The number of aliphatic carboxylic acids is 1. The lowest BCUT2D eigenvalue weighted by molar-refractivity contribution is -0.137. The van der Waals surface area contributed by atoms with Crippen LogP contribution in [0.15, 0.2) is 24.3 Å². The molecule has 0 aromatic heterocycles. The second kappa shape index (κ2) is 5.65. The predicted octanol–water partition coefficient (Wildman–Crippen LogP) is 1.75. The Bertz CT molecular complexity index is 508. The summed E-state index contributed by atoms with van der Waals surface area (Å²) in [6, 6.07) is 6.97. The van der Waals surface area contributed by atoms with Gasteiger partial charge in [0.2, 0.25) is 11.8 Å². The molecule has 0 radical (unpaired) electrons. The second-order valence-corrected chi connectivity index (χ2v) is 4.50. The van der Waals surface area contributed by atoms with E-state index in [4.69, 9.17) is 5.11 Å². The van der Waals surface area contributed by atoms with E-state index in [0.717, 1.165) is 0 Å². The van der Waals surface area contributed by atoms with E-state index in [1.54, 1.807) is 24.3 Å². The van der Waals surface area contributed by atoms with Gasteiger partial charge < -0.3 is 5.11 Å². The van der Waals surface area contributed by atoms with Crippen LogP contribution in [0.25, 0.3) is 0 Å². The maximum atomic E-state index is 11.9. The van der Waals surface area contributed by atoms with Gasteiger partial charge >= 0.3 is 5.97 Å². The molecule has 0 unspecified atom stereocenters. The van der Waals surface area contributed by atoms with Gasteiger partial charge in [-0.15, -0.1) is 0 Å². The fourth-order valence-electron chi connectivity index (χ4n) is 2.20. The molecule has 1 aromatic rings. The van der Waals surface area contributed by atoms with Crippen LogP contribution in [-0.2, 0) is 20.8 Å². The van der Waals surface area contributed by atoms with E-state index in [9.17, 15) is 14.4 Å². The first kappa shape index (κ1) is 13.3. The summed E-state index contributed by atoms with van der Waals surface area (Å²) >= 11 is 0. The van der Waals surface area contributed by atoms with Gasteiger partial charge in [-0.2, -0.15) is 0 Å². The Kier molecular flexibility index (Phi) is 3.94. The molecule has 1 saturated heterocycles. The van der Waals surface area contributed by atoms with E-state index in [0.29, 0.717) is 36.9 Å². The third-order valence-electron chi connectivity index (χ3n) is 3.12. The van der Waals surface area contributed by atoms with Crippen molar-refractivity contribution in [2.24, 2.45) is 0 Å². The molecule has 100 valence electrons. The number of para-hydroxylation sites is 1. The van der Waals surface area contributed by atoms with Crippen molar-refractivity contribution in [1.82, 2.24) is 0 Å². The van der Waals surface area contributed by atoms with E-state index in [1.807, 2.05) is 0 Å². The Balaban J connectivity index is 2.30. The molecule has 0 atom stereocenters. The Hall–Kier alpha value is -2.17. The molecule has 1 N–H and O–H groups in total. The zero-order valence-electron chi connectivity index (χ0n) is 10.5. The molecular formula is C14H15NO4. The van der Waals surface area contributed by atoms with Crippen molar-refractivity contribution >= 4 is 23.5 Å². The molecule has 2 rings (SSSR count). The molecule has 1 aliphatic heterocycles. The van der Waals surface area contributed by atoms with Crippen molar-refractivity contribution in [3.05, 3.63) is 29.8 Å². The van der Waals surface area contributed by atoms with E-state index in [1.165, 1.54) is 4.90 Å². The number of rotatable bonds is 4. The van der Waals surface area contributed by atoms with Crippen LogP contribution in [0.5, 0.6) is 0 Å². The highest BCUT2D eigenvalue weighted by atomic mass is 16.4. The molecule has 1 aromatic carbocycles. The van der Waals surface area contributed by atoms with Crippen molar-refractivity contribution in [2.45, 2.75) is 32.1 Å². The lowest BCUT2D eigenvalue weighted by Gasteiger charge is -2.26. The van der Waals surface area contributed by atoms with Gasteiger partial charge in [0.05, 0.1) is 5.69 Å². The van der Waals surface area contributed by atoms with E-state index >= 15 is 0 Å². The van der Waals surface area contributed by atoms with Crippen LogP contribution in [0.4, 0.5) is 5.69 Å². The SMILES string of the molecule is O=C(O)CCc1ccccc1N1C(=O)CCCC1=O. The Morgan fingerprint density at radius 1 is 1.16 bits per heavy atom. The van der Waals surface area contributed by atoms with Gasteiger partial charge in [0.25, 0.3) is 0 Å². The quantitative estimate of drug-likeness (QED) is 0.838. The number of nitrogens with zero attached hydrogens (tertiary/aromatic N) is 1. The van der Waals surface area contributed by atoms with Crippen LogP contribution in [0.2, 0.25) is 0 Å². The highest BCUT2D eigenvalue weighted by molar-refractivity contribution is 6.16. The largest absolute Gasteiger partial charge is 0.481 e. The van der Waals surface area contributed by atoms with Crippen molar-refractivity contribution in [1.29, 1.82) is 0 Å². The molecule has 0 spiro atoms. The lowest BCUT2D eigenvalue weighted by atomic mass is 10.0. The molecule has 1 heterocycles. The van der Waals surface area contributed by atoms with Crippen LogP contribution in [-0.4, -0.2) is 22.9 Å². The molecule has 2 amide bonds. The van der Waals surface area contributed by atoms with Gasteiger partial charge in [0.1, 0.15) is 0 Å². The van der Waals surface area contributed by atoms with Crippen molar-refractivity contribution in [2.75, 3.05) is 4.90 Å². The highest BCUT2D eigenvalue weighted by Gasteiger charge is 2.28. The lowest BCUT2D eigenvalue weighted by Crippen LogP contribution is -2.40. The third kappa shape index (κ3) is 2.99. The maximum Gasteiger partial charge on any atom is 0.303 e. The van der Waals surface area contributed by atoms with E-state index in [2.05, 4.69) is 0 Å². The fourth-order valence-corrected chi connectivity index (χ4v) is 2.20. The topological polar surface area (TPSA) is 74.7 Å². The number of carboxylic acids is 1. The molecule has 0 aliphatic carbocycles. The molecule has 1 aliphatic rings. The van der Waals surface area contributed by atoms with Gasteiger partial charge in [-0.3, -0.25) is 19.3 Å². The van der Waals surface area contributed by atoms with Gasteiger partial charge in [-0.1, -0.05) is 18.2 Å². The number of benzene rings is 1. The maximum absolute atomic E-state index is 11.9. The third-order valence-corrected chi connectivity index (χ3v) is 3.12. The van der Waals surface area contributed by atoms with Crippen LogP contribution in [0.3, 0.4) is 0 Å². The van der Waals surface area contributed by atoms with Gasteiger partial charge in [0, 0.05) is 19.3 Å². The summed E-state index contributed by atoms with van der Waals surface area (Å²) in [5, 5.41) is 8.73. The van der Waals surface area contributed by atoms with Crippen LogP contribution in [0.1, 0.15) is 31.2 Å². The van der Waals surface area contributed by atoms with Crippen molar-refractivity contribution in [3.8, 4) is 0 Å². The number of hydrogen-bond acceptors (Lipinski definition) is 3. The number of carbonyl (C=O) groups is 3. The predicted molar refractivity (Wildman–Crippen MR) is 68.7 cm³/mol. The number of carbonyl (C=O) groups excluding carboxylic acids is 2. The molecule has 19 heavy (non-hydrogen) atoms. The van der Waals surface area contributed by atoms with Crippen molar-refractivity contribution in [3.63, 3.8) is 0 Å². The monoisotopic (exact) mass is 261 g/mol. The summed E-state index contributed by atoms with van der Waals surface area (Å²) < 4.78 is 0. The first-order chi connectivity index (χ1) is 9.09. The summed E-state index contributed by atoms with van der Waals surface area (Å²) in [7, 11) is 0. The molecular weight excluding hydrogens is 246 g/mol. The highest BCUT2D eigenvalue weighted by Crippen LogP contribution is 2.26. The van der Waals surface area contributed by atoms with Crippen molar-refractivity contribution < 1.29 is 19.5 Å². The molecule has 5 nitrogen and oxygen atoms in total. The summed E-state index contributed by atoms with van der Waals surface area (Å²) in [4.78, 5) is 35.6. The number of hydrogen-bond donors (Lipinski definition) is 1. The summed E-state index contributed by atoms with van der Waals surface area (Å²) in [6.07, 6.45) is 1.60. The number of imide groups is 1. The van der Waals surface area contributed by atoms with Gasteiger partial charge in [-0.05, 0) is 24.5 Å². The number of amides is 2. The minimum absolute atomic E-state index is 0.0206. The molecule has 0 saturated carbocycles. The average Bonchev–Trinajstić information content (AvgIpc) is 2.37. The number of piperidine rings is 1. The summed E-state index contributed by atoms with van der Waals surface area (Å²) in [6.45, 7) is 0. The normalized spacial score (nSPS) is 15.7. The smallest absolute Gasteiger partial charge is 0.303 e. The second-order valence-electron chi connectivity index (χ2n) is 4.50. The van der Waals surface area contributed by atoms with Gasteiger partial charge in [-0.25, -0.2) is 0 Å². The van der Waals surface area contributed by atoms with Crippen LogP contribution in [0, 0.1) is 0 Å². The number of aryl methyl sites for hydroxylation is 1. The molecule has 0 bridgehead atoms. The van der Waals surface area contributed by atoms with E-state index < -0.39 is 5.97 Å². The summed E-state index contributed by atoms with van der Waals surface area (Å²) in [5.41, 5.74) is 1.24. The Morgan fingerprint density at radius 3 is 2.42 bits per heavy atom. The standard InChI is InChI=1S/C14H15NO4/c16-12-6-3-7-13(17)15(12)11-5-2-1-4-10(11)8-9-14(18)19/h1-2,4-5H,3,6-9H2,(H,18,19). The minimum Gasteiger partial charge on any atom is -0.481 e. The summed E-state index contributed by atoms with van der Waals surface area (Å²) in [5.74, 6) is -1.32. The Morgan fingerprint density at radius 2 is 1.79 bits per heavy atom. The molecule has 5 heteroatoms. The molecule has 1 fully saturated rings. The first-order valence-electron chi connectivity index (χ1n) is 6.25. The number of carboxylic acid groups (broad SMARTS) is 1. The van der Waals surface area contributed by atoms with Gasteiger partial charge in [0.15, 0.2) is 0 Å². The van der Waals surface area contributed by atoms with Crippen LogP contribution >= 0.6 is 0 Å². The van der Waals surface area contributed by atoms with Crippen LogP contribution < -0.4 is 4.90 Å². The zero-order chi connectivity index (χ0) is 13.8. The zero-order valence-corrected chi connectivity index (χ0v) is 10.5. The fraction of sp³-hybridized carbons (Fsp3) is 0.357. The van der Waals surface area contributed by atoms with E-state index in [-0.39, 0.29) is 18.2 Å². The number of anilines is 1. The minimum atomic E-state index is -0.897.